The Morgan fingerprint density at radius 3 is 2.37 bits per heavy atom. The molecule has 0 aliphatic heterocycles. The summed E-state index contributed by atoms with van der Waals surface area (Å²) < 4.78 is 0. The first-order chi connectivity index (χ1) is 9.30. The Morgan fingerprint density at radius 2 is 1.84 bits per heavy atom. The minimum atomic E-state index is 0.588. The van der Waals surface area contributed by atoms with E-state index in [4.69, 9.17) is 0 Å². The van der Waals surface area contributed by atoms with Gasteiger partial charge in [-0.2, -0.15) is 0 Å². The molecule has 0 heterocycles. The predicted molar refractivity (Wildman–Crippen MR) is 83.6 cm³/mol. The van der Waals surface area contributed by atoms with Crippen molar-refractivity contribution < 1.29 is 0 Å². The maximum Gasteiger partial charge on any atom is 0.0348 e. The van der Waals surface area contributed by atoms with Crippen molar-refractivity contribution in [1.82, 2.24) is 5.32 Å². The van der Waals surface area contributed by atoms with Crippen molar-refractivity contribution in [3.63, 3.8) is 0 Å². The molecule has 1 nitrogen and oxygen atoms in total. The third-order valence-corrected chi connectivity index (χ3v) is 4.59. The first-order valence-electron chi connectivity index (χ1n) is 8.15. The van der Waals surface area contributed by atoms with Gasteiger partial charge in [-0.25, -0.2) is 0 Å². The average molecular weight is 259 g/mol. The topological polar surface area (TPSA) is 12.0 Å². The van der Waals surface area contributed by atoms with Crippen LogP contribution in [0.25, 0.3) is 0 Å². The van der Waals surface area contributed by atoms with Crippen LogP contribution in [-0.4, -0.2) is 6.54 Å². The van der Waals surface area contributed by atoms with E-state index < -0.39 is 0 Å². The Morgan fingerprint density at radius 1 is 1.11 bits per heavy atom. The molecule has 2 rings (SSSR count). The molecule has 1 aromatic carbocycles. The van der Waals surface area contributed by atoms with Crippen LogP contribution in [0.4, 0.5) is 0 Å². The third-order valence-electron chi connectivity index (χ3n) is 4.59. The molecule has 1 aliphatic carbocycles. The molecule has 1 unspecified atom stereocenters. The number of aryl methyl sites for hydroxylation is 2. The SMILES string of the molecule is CCCNC(c1ccc(CC)c(CC)c1)C1CCC1. The molecular formula is C18H29N. The van der Waals surface area contributed by atoms with Crippen molar-refractivity contribution in [3.05, 3.63) is 34.9 Å². The van der Waals surface area contributed by atoms with Gasteiger partial charge in [0.15, 0.2) is 0 Å². The maximum absolute atomic E-state index is 3.78. The standard InChI is InChI=1S/C18H29N/c1-4-12-19-18(16-8-7-9-16)17-11-10-14(5-2)15(6-3)13-17/h10-11,13,16,18-19H,4-9,12H2,1-3H3. The van der Waals surface area contributed by atoms with Crippen molar-refractivity contribution in [2.45, 2.75) is 65.3 Å². The van der Waals surface area contributed by atoms with Gasteiger partial charge in [0.05, 0.1) is 0 Å². The van der Waals surface area contributed by atoms with Crippen molar-refractivity contribution >= 4 is 0 Å². The summed E-state index contributed by atoms with van der Waals surface area (Å²) in [6, 6.07) is 7.77. The molecule has 1 atom stereocenters. The van der Waals surface area contributed by atoms with Gasteiger partial charge < -0.3 is 5.32 Å². The summed E-state index contributed by atoms with van der Waals surface area (Å²) in [6.45, 7) is 7.92. The van der Waals surface area contributed by atoms with E-state index in [0.29, 0.717) is 6.04 Å². The Hall–Kier alpha value is -0.820. The van der Waals surface area contributed by atoms with Gasteiger partial charge in [0.1, 0.15) is 0 Å². The molecule has 0 amide bonds. The minimum absolute atomic E-state index is 0.588. The average Bonchev–Trinajstić information content (AvgIpc) is 2.40. The van der Waals surface area contributed by atoms with Gasteiger partial charge in [-0.15, -0.1) is 0 Å². The Kier molecular flexibility index (Phi) is 5.45. The number of hydrogen-bond acceptors (Lipinski definition) is 1. The molecule has 1 saturated carbocycles. The van der Waals surface area contributed by atoms with Gasteiger partial charge in [0, 0.05) is 6.04 Å². The summed E-state index contributed by atoms with van der Waals surface area (Å²) in [5.74, 6) is 0.865. The van der Waals surface area contributed by atoms with Crippen LogP contribution in [0.1, 0.15) is 69.2 Å². The van der Waals surface area contributed by atoms with E-state index in [2.05, 4.69) is 44.3 Å². The van der Waals surface area contributed by atoms with Crippen LogP contribution < -0.4 is 5.32 Å². The van der Waals surface area contributed by atoms with Gasteiger partial charge in [-0.1, -0.05) is 45.4 Å². The quantitative estimate of drug-likeness (QED) is 0.751. The molecule has 1 heteroatoms. The van der Waals surface area contributed by atoms with Crippen LogP contribution >= 0.6 is 0 Å². The molecule has 1 aliphatic rings. The summed E-state index contributed by atoms with van der Waals surface area (Å²) >= 11 is 0. The highest BCUT2D eigenvalue weighted by molar-refractivity contribution is 5.34. The maximum atomic E-state index is 3.78. The molecule has 0 spiro atoms. The van der Waals surface area contributed by atoms with E-state index in [1.807, 2.05) is 0 Å². The van der Waals surface area contributed by atoms with Gasteiger partial charge in [-0.05, 0) is 61.3 Å². The second kappa shape index (κ2) is 7.09. The highest BCUT2D eigenvalue weighted by atomic mass is 14.9. The fraction of sp³-hybridized carbons (Fsp3) is 0.667. The summed E-state index contributed by atoms with van der Waals surface area (Å²) in [5, 5.41) is 3.78. The van der Waals surface area contributed by atoms with Gasteiger partial charge in [0.2, 0.25) is 0 Å². The second-order valence-corrected chi connectivity index (χ2v) is 5.86. The zero-order valence-electron chi connectivity index (χ0n) is 12.8. The third kappa shape index (κ3) is 3.39. The molecule has 1 aromatic rings. The summed E-state index contributed by atoms with van der Waals surface area (Å²) in [4.78, 5) is 0. The highest BCUT2D eigenvalue weighted by Gasteiger charge is 2.28. The van der Waals surface area contributed by atoms with Crippen molar-refractivity contribution in [2.75, 3.05) is 6.54 Å². The van der Waals surface area contributed by atoms with Crippen LogP contribution in [0, 0.1) is 5.92 Å². The van der Waals surface area contributed by atoms with E-state index in [0.717, 1.165) is 25.3 Å². The summed E-state index contributed by atoms with van der Waals surface area (Å²) in [6.07, 6.45) is 7.75. The van der Waals surface area contributed by atoms with Crippen molar-refractivity contribution in [2.24, 2.45) is 5.92 Å². The fourth-order valence-electron chi connectivity index (χ4n) is 3.14. The Bertz CT molecular complexity index is 393. The molecule has 19 heavy (non-hydrogen) atoms. The monoisotopic (exact) mass is 259 g/mol. The largest absolute Gasteiger partial charge is 0.310 e. The van der Waals surface area contributed by atoms with Crippen LogP contribution in [0.15, 0.2) is 18.2 Å². The number of benzene rings is 1. The Balaban J connectivity index is 2.19. The van der Waals surface area contributed by atoms with Gasteiger partial charge in [-0.3, -0.25) is 0 Å². The van der Waals surface area contributed by atoms with E-state index >= 15 is 0 Å². The second-order valence-electron chi connectivity index (χ2n) is 5.86. The van der Waals surface area contributed by atoms with E-state index in [1.165, 1.54) is 36.8 Å². The van der Waals surface area contributed by atoms with Crippen molar-refractivity contribution in [3.8, 4) is 0 Å². The lowest BCUT2D eigenvalue weighted by molar-refractivity contribution is 0.231. The molecule has 106 valence electrons. The van der Waals surface area contributed by atoms with Gasteiger partial charge >= 0.3 is 0 Å². The zero-order chi connectivity index (χ0) is 13.7. The molecule has 1 N–H and O–H groups in total. The van der Waals surface area contributed by atoms with Crippen molar-refractivity contribution in [1.29, 1.82) is 0 Å². The molecule has 0 aromatic heterocycles. The first kappa shape index (κ1) is 14.6. The molecule has 1 fully saturated rings. The number of nitrogens with one attached hydrogen (secondary N) is 1. The molecule has 0 saturated heterocycles. The lowest BCUT2D eigenvalue weighted by Crippen LogP contribution is -2.32. The lowest BCUT2D eigenvalue weighted by atomic mass is 9.76. The first-order valence-corrected chi connectivity index (χ1v) is 8.15. The lowest BCUT2D eigenvalue weighted by Gasteiger charge is -2.35. The van der Waals surface area contributed by atoms with E-state index in [1.54, 1.807) is 5.56 Å². The molecule has 0 radical (unpaired) electrons. The smallest absolute Gasteiger partial charge is 0.0348 e. The number of rotatable bonds is 7. The van der Waals surface area contributed by atoms with Crippen LogP contribution in [0.2, 0.25) is 0 Å². The van der Waals surface area contributed by atoms with Crippen LogP contribution in [0.5, 0.6) is 0 Å². The zero-order valence-corrected chi connectivity index (χ0v) is 12.8. The normalized spacial score (nSPS) is 17.2. The number of hydrogen-bond donors (Lipinski definition) is 1. The highest BCUT2D eigenvalue weighted by Crippen LogP contribution is 2.38. The van der Waals surface area contributed by atoms with E-state index in [-0.39, 0.29) is 0 Å². The Labute approximate surface area is 118 Å². The van der Waals surface area contributed by atoms with Crippen LogP contribution in [-0.2, 0) is 12.8 Å². The fourth-order valence-corrected chi connectivity index (χ4v) is 3.14. The summed E-state index contributed by atoms with van der Waals surface area (Å²) in [7, 11) is 0. The summed E-state index contributed by atoms with van der Waals surface area (Å²) in [5.41, 5.74) is 4.59. The van der Waals surface area contributed by atoms with E-state index in [9.17, 15) is 0 Å². The molecular weight excluding hydrogens is 230 g/mol. The van der Waals surface area contributed by atoms with Gasteiger partial charge in [0.25, 0.3) is 0 Å². The minimum Gasteiger partial charge on any atom is -0.310 e. The predicted octanol–water partition coefficient (Wildman–Crippen LogP) is 4.65. The van der Waals surface area contributed by atoms with Crippen LogP contribution in [0.3, 0.4) is 0 Å². The molecule has 0 bridgehead atoms.